The number of ether oxygens (including phenoxy) is 1. The molecule has 1 N–H and O–H groups in total. The summed E-state index contributed by atoms with van der Waals surface area (Å²) in [6.45, 7) is 0.577. The fourth-order valence-electron chi connectivity index (χ4n) is 4.45. The molecule has 1 heterocycles. The largest absolute Gasteiger partial charge is 0.496 e. The van der Waals surface area contributed by atoms with E-state index < -0.39 is 0 Å². The Morgan fingerprint density at radius 3 is 2.42 bits per heavy atom. The van der Waals surface area contributed by atoms with Gasteiger partial charge in [0.2, 0.25) is 5.89 Å². The number of benzene rings is 3. The van der Waals surface area contributed by atoms with Gasteiger partial charge in [-0.2, -0.15) is 0 Å². The number of hydrogen-bond donors (Lipinski definition) is 1. The van der Waals surface area contributed by atoms with Gasteiger partial charge in [0, 0.05) is 17.2 Å². The molecule has 0 amide bonds. The second kappa shape index (κ2) is 8.78. The molecule has 1 aromatic heterocycles. The maximum Gasteiger partial charge on any atom is 0.209 e. The Labute approximate surface area is 182 Å². The predicted octanol–water partition coefficient (Wildman–Crippen LogP) is 6.18. The van der Waals surface area contributed by atoms with Crippen LogP contribution in [0.1, 0.15) is 35.9 Å². The molecule has 4 heteroatoms. The summed E-state index contributed by atoms with van der Waals surface area (Å²) >= 11 is 0. The lowest BCUT2D eigenvalue weighted by Crippen LogP contribution is -2.25. The summed E-state index contributed by atoms with van der Waals surface area (Å²) in [5.74, 6) is 2.50. The van der Waals surface area contributed by atoms with Gasteiger partial charge < -0.3 is 14.5 Å². The van der Waals surface area contributed by atoms with Crippen LogP contribution in [0, 0.1) is 0 Å². The number of aromatic nitrogens is 1. The molecule has 1 atom stereocenters. The Kier molecular flexibility index (Phi) is 5.55. The number of oxazole rings is 1. The van der Waals surface area contributed by atoms with E-state index in [4.69, 9.17) is 14.1 Å². The second-order valence-electron chi connectivity index (χ2n) is 7.87. The standard InChI is InChI=1S/C27H26N2O2/c1-30-24-17-9-14-21-22(24)15-8-16-23(21)28-18-25-29-26(19-10-4-2-5-11-19)27(31-25)20-12-6-3-7-13-20/h2-7,9-14,17,23,28H,8,15-16,18H2,1H3. The van der Waals surface area contributed by atoms with Gasteiger partial charge in [0.25, 0.3) is 0 Å². The molecular weight excluding hydrogens is 384 g/mol. The summed E-state index contributed by atoms with van der Waals surface area (Å²) < 4.78 is 11.9. The van der Waals surface area contributed by atoms with E-state index in [0.29, 0.717) is 12.4 Å². The molecule has 5 rings (SSSR count). The van der Waals surface area contributed by atoms with Gasteiger partial charge in [0.05, 0.1) is 13.7 Å². The second-order valence-corrected chi connectivity index (χ2v) is 7.87. The van der Waals surface area contributed by atoms with E-state index in [1.54, 1.807) is 7.11 Å². The van der Waals surface area contributed by atoms with Gasteiger partial charge in [-0.1, -0.05) is 72.8 Å². The molecule has 0 bridgehead atoms. The summed E-state index contributed by atoms with van der Waals surface area (Å²) in [5, 5.41) is 3.68. The molecule has 156 valence electrons. The van der Waals surface area contributed by atoms with Crippen LogP contribution in [0.3, 0.4) is 0 Å². The number of rotatable bonds is 6. The van der Waals surface area contributed by atoms with Crippen molar-refractivity contribution in [2.24, 2.45) is 0 Å². The van der Waals surface area contributed by atoms with Crippen LogP contribution in [0.2, 0.25) is 0 Å². The molecule has 0 saturated carbocycles. The van der Waals surface area contributed by atoms with Crippen LogP contribution in [0.4, 0.5) is 0 Å². The average molecular weight is 411 g/mol. The fourth-order valence-corrected chi connectivity index (χ4v) is 4.45. The molecule has 31 heavy (non-hydrogen) atoms. The van der Waals surface area contributed by atoms with Crippen LogP contribution in [0.15, 0.2) is 83.3 Å². The zero-order valence-electron chi connectivity index (χ0n) is 17.7. The minimum absolute atomic E-state index is 0.270. The van der Waals surface area contributed by atoms with Crippen LogP contribution in [-0.2, 0) is 13.0 Å². The van der Waals surface area contributed by atoms with E-state index >= 15 is 0 Å². The Morgan fingerprint density at radius 2 is 1.68 bits per heavy atom. The zero-order valence-corrected chi connectivity index (χ0v) is 17.7. The van der Waals surface area contributed by atoms with Crippen LogP contribution in [0.5, 0.6) is 5.75 Å². The topological polar surface area (TPSA) is 47.3 Å². The number of methoxy groups -OCH3 is 1. The van der Waals surface area contributed by atoms with Gasteiger partial charge in [-0.3, -0.25) is 0 Å². The molecule has 4 nitrogen and oxygen atoms in total. The van der Waals surface area contributed by atoms with E-state index in [1.807, 2.05) is 42.5 Å². The predicted molar refractivity (Wildman–Crippen MR) is 123 cm³/mol. The van der Waals surface area contributed by atoms with Crippen molar-refractivity contribution in [1.82, 2.24) is 10.3 Å². The normalized spacial score (nSPS) is 15.5. The minimum atomic E-state index is 0.270. The average Bonchev–Trinajstić information content (AvgIpc) is 3.28. The smallest absolute Gasteiger partial charge is 0.209 e. The van der Waals surface area contributed by atoms with Crippen molar-refractivity contribution >= 4 is 0 Å². The summed E-state index contributed by atoms with van der Waals surface area (Å²) in [6, 6.07) is 27.0. The highest BCUT2D eigenvalue weighted by atomic mass is 16.5. The molecule has 3 aromatic carbocycles. The van der Waals surface area contributed by atoms with E-state index in [-0.39, 0.29) is 6.04 Å². The van der Waals surface area contributed by atoms with Crippen molar-refractivity contribution in [2.75, 3.05) is 7.11 Å². The lowest BCUT2D eigenvalue weighted by Gasteiger charge is -2.27. The molecule has 0 fully saturated rings. The van der Waals surface area contributed by atoms with E-state index in [2.05, 4.69) is 41.7 Å². The maximum absolute atomic E-state index is 6.28. The quantitative estimate of drug-likeness (QED) is 0.412. The third kappa shape index (κ3) is 3.99. The van der Waals surface area contributed by atoms with Gasteiger partial charge in [0.15, 0.2) is 5.76 Å². The lowest BCUT2D eigenvalue weighted by molar-refractivity contribution is 0.387. The van der Waals surface area contributed by atoms with Gasteiger partial charge in [0.1, 0.15) is 11.4 Å². The molecular formula is C27H26N2O2. The number of hydrogen-bond acceptors (Lipinski definition) is 4. The Bertz CT molecular complexity index is 1100. The minimum Gasteiger partial charge on any atom is -0.496 e. The highest BCUT2D eigenvalue weighted by Crippen LogP contribution is 2.36. The fraction of sp³-hybridized carbons (Fsp3) is 0.222. The molecule has 0 spiro atoms. The van der Waals surface area contributed by atoms with Gasteiger partial charge in [-0.15, -0.1) is 0 Å². The summed E-state index contributed by atoms with van der Waals surface area (Å²) in [4.78, 5) is 4.88. The highest BCUT2D eigenvalue weighted by Gasteiger charge is 2.23. The molecule has 1 unspecified atom stereocenters. The zero-order chi connectivity index (χ0) is 21.0. The lowest BCUT2D eigenvalue weighted by atomic mass is 9.87. The van der Waals surface area contributed by atoms with Crippen LogP contribution >= 0.6 is 0 Å². The molecule has 4 aromatic rings. The maximum atomic E-state index is 6.28. The van der Waals surface area contributed by atoms with Crippen molar-refractivity contribution in [3.63, 3.8) is 0 Å². The van der Waals surface area contributed by atoms with Crippen molar-refractivity contribution in [3.05, 3.63) is 95.9 Å². The number of nitrogens with zero attached hydrogens (tertiary/aromatic N) is 1. The third-order valence-corrected chi connectivity index (χ3v) is 5.94. The van der Waals surface area contributed by atoms with Crippen LogP contribution in [0.25, 0.3) is 22.6 Å². The van der Waals surface area contributed by atoms with Crippen LogP contribution in [-0.4, -0.2) is 12.1 Å². The first-order valence-corrected chi connectivity index (χ1v) is 10.8. The van der Waals surface area contributed by atoms with Crippen molar-refractivity contribution in [3.8, 4) is 28.3 Å². The summed E-state index contributed by atoms with van der Waals surface area (Å²) in [7, 11) is 1.75. The van der Waals surface area contributed by atoms with Gasteiger partial charge in [-0.05, 0) is 36.5 Å². The first kappa shape index (κ1) is 19.6. The SMILES string of the molecule is COc1cccc2c1CCCC2NCc1nc(-c2ccccc2)c(-c2ccccc2)o1. The summed E-state index contributed by atoms with van der Waals surface area (Å²) in [6.07, 6.45) is 3.30. The van der Waals surface area contributed by atoms with Crippen molar-refractivity contribution in [1.29, 1.82) is 0 Å². The van der Waals surface area contributed by atoms with E-state index in [0.717, 1.165) is 47.6 Å². The Morgan fingerprint density at radius 1 is 0.935 bits per heavy atom. The summed E-state index contributed by atoms with van der Waals surface area (Å²) in [5.41, 5.74) is 5.62. The first-order chi connectivity index (χ1) is 15.3. The van der Waals surface area contributed by atoms with Crippen molar-refractivity contribution < 1.29 is 9.15 Å². The first-order valence-electron chi connectivity index (χ1n) is 10.8. The van der Waals surface area contributed by atoms with Crippen LogP contribution < -0.4 is 10.1 Å². The van der Waals surface area contributed by atoms with Crippen molar-refractivity contribution in [2.45, 2.75) is 31.8 Å². The highest BCUT2D eigenvalue weighted by molar-refractivity contribution is 5.76. The van der Waals surface area contributed by atoms with E-state index in [1.165, 1.54) is 11.1 Å². The third-order valence-electron chi connectivity index (χ3n) is 5.94. The number of nitrogens with one attached hydrogen (secondary N) is 1. The molecule has 1 aliphatic carbocycles. The molecule has 0 saturated heterocycles. The number of fused-ring (bicyclic) bond motifs is 1. The monoisotopic (exact) mass is 410 g/mol. The van der Waals surface area contributed by atoms with Gasteiger partial charge >= 0.3 is 0 Å². The Hall–Kier alpha value is -3.37. The van der Waals surface area contributed by atoms with Gasteiger partial charge in [-0.25, -0.2) is 4.98 Å². The molecule has 0 aliphatic heterocycles. The molecule has 0 radical (unpaired) electrons. The Balaban J connectivity index is 1.43. The molecule has 1 aliphatic rings. The van der Waals surface area contributed by atoms with E-state index in [9.17, 15) is 0 Å².